The molecule has 0 radical (unpaired) electrons. The first-order valence-electron chi connectivity index (χ1n) is 47.7. The summed E-state index contributed by atoms with van der Waals surface area (Å²) in [6, 6.07) is 32.7. The van der Waals surface area contributed by atoms with Crippen molar-refractivity contribution in [1.82, 2.24) is 48.9 Å². The first-order chi connectivity index (χ1) is 63.6. The third-order valence-corrected chi connectivity index (χ3v) is 40.5. The van der Waals surface area contributed by atoms with Crippen LogP contribution in [0.15, 0.2) is 180 Å². The van der Waals surface area contributed by atoms with Crippen molar-refractivity contribution in [3.05, 3.63) is 266 Å². The summed E-state index contributed by atoms with van der Waals surface area (Å²) in [5.74, 6) is -0.149. The molecule has 5 aromatic heterocycles. The van der Waals surface area contributed by atoms with E-state index in [0.717, 1.165) is 188 Å². The smallest absolute Gasteiger partial charge is 0.177 e. The number of fused-ring (bicyclic) bond motifs is 15. The van der Waals surface area contributed by atoms with Crippen molar-refractivity contribution in [2.24, 2.45) is 32.5 Å². The van der Waals surface area contributed by atoms with Gasteiger partial charge in [0.05, 0.1) is 136 Å². The van der Waals surface area contributed by atoms with Crippen LogP contribution in [0.1, 0.15) is 228 Å². The summed E-state index contributed by atoms with van der Waals surface area (Å²) in [5.41, 5.74) is 23.6. The van der Waals surface area contributed by atoms with Gasteiger partial charge in [-0.25, -0.2) is 45.4 Å². The van der Waals surface area contributed by atoms with E-state index < -0.39 is 17.4 Å². The van der Waals surface area contributed by atoms with Crippen LogP contribution in [0.3, 0.4) is 0 Å². The average molecular weight is 1860 g/mol. The largest absolute Gasteiger partial charge is 0.349 e. The first-order valence-corrected chi connectivity index (χ1v) is 51.5. The zero-order chi connectivity index (χ0) is 91.0. The molecule has 0 N–H and O–H groups in total. The number of hydrogen-bond acceptors (Lipinski definition) is 15. The molecule has 132 heavy (non-hydrogen) atoms. The van der Waals surface area contributed by atoms with Gasteiger partial charge in [0.1, 0.15) is 29.1 Å². The zero-order valence-electron chi connectivity index (χ0n) is 77.1. The molecule has 10 heterocycles. The van der Waals surface area contributed by atoms with E-state index in [2.05, 4.69) is 165 Å². The molecule has 0 amide bonds. The number of thioether (sulfide) groups is 4. The van der Waals surface area contributed by atoms with Crippen LogP contribution in [0, 0.1) is 61.6 Å². The molecule has 25 heteroatoms. The number of aromatic nitrogens is 10. The predicted octanol–water partition coefficient (Wildman–Crippen LogP) is 24.9. The number of halogens is 5. The van der Waals surface area contributed by atoms with Gasteiger partial charge in [-0.1, -0.05) is 90.2 Å². The molecule has 6 unspecified atom stereocenters. The van der Waals surface area contributed by atoms with Gasteiger partial charge in [-0.15, -0.1) is 47.0 Å². The van der Waals surface area contributed by atoms with Crippen molar-refractivity contribution >= 4 is 77.4 Å². The molecule has 16 nitrogen and oxygen atoms in total. The third-order valence-electron chi connectivity index (χ3n) is 32.0. The minimum absolute atomic E-state index is 0.0518. The Balaban J connectivity index is 0.0000000995. The standard InChI is InChI=1S/C23H27FN2O2.C22H25FN2S2.2C21H23FN2O2.C20H21FN2S2/c1-21(2)14-27-23(28-15-21)10-4-5-17-11-20-16(12-22(17,23)3)13-25-26(20)19-8-6-18(24)7-9-19;1-14-15(2)27-22(26-14)10-4-5-17-11-20-16(12-21(17,22)3)13-24-25(20)19-8-6-18(23)7-9-19;2*1-20-13-15-14-23-24(18-7-5-17(22)6-8-18)19(15)12-16(20)4-2-9-21(20)25-10-3-11-26-21;1-19-12-14-13-22-23(17-6-4-16(21)5-7-17)18(14)11-15(19)3-2-8-20(19)24-9-10-25-20/h6-9,11,13H,4-5,10,12,14-15H2,1-3H3;6-9,11,13-15H,4-5,10,12H2,1-3H3;2*5-8,12,14H,2-4,9-11,13H2,1H3;4-7,11,13H,2-3,8-10,12H2,1H3/t;;20-;;/m..0../s1. The van der Waals surface area contributed by atoms with Crippen molar-refractivity contribution in [3.8, 4) is 28.4 Å². The van der Waals surface area contributed by atoms with E-state index >= 15 is 0 Å². The second-order valence-corrected chi connectivity index (χ2v) is 47.5. The van der Waals surface area contributed by atoms with E-state index in [1.807, 2.05) is 66.5 Å². The zero-order valence-corrected chi connectivity index (χ0v) is 80.4. The highest BCUT2D eigenvalue weighted by molar-refractivity contribution is 8.22. The van der Waals surface area contributed by atoms with E-state index in [0.29, 0.717) is 14.6 Å². The van der Waals surface area contributed by atoms with E-state index in [4.69, 9.17) is 28.4 Å². The molecule has 0 bridgehead atoms. The third kappa shape index (κ3) is 15.4. The Kier molecular flexibility index (Phi) is 23.7. The minimum Gasteiger partial charge on any atom is -0.349 e. The second-order valence-electron chi connectivity index (χ2n) is 40.8. The van der Waals surface area contributed by atoms with Gasteiger partial charge in [0.15, 0.2) is 17.4 Å². The topological polar surface area (TPSA) is 144 Å². The molecule has 5 aromatic carbocycles. The SMILES string of the molecule is CC1(C)COC2(CCCC3=Cc4c(cnn4-c4ccc(F)cc4)CC32C)OC1.CC12Cc3cnn(-c4ccc(F)cc4)c3C=C1CCCC21OCCCO1.CC12Cc3cnn(-c4ccc(F)cc4)c3C=C1CCCC21SCCS1.CC1SC2(CCCC3=Cc4c(cnn4-c4ccc(F)cc4)CC32C)SC1C.C[C@]12Cc3cnn(-c4ccc(F)cc4)c3C=C1CCCC21OCCCO1. The molecular formula is C107H119F5N10O6S4. The highest BCUT2D eigenvalue weighted by atomic mass is 32.2. The highest BCUT2D eigenvalue weighted by Crippen LogP contribution is 2.71. The van der Waals surface area contributed by atoms with Crippen LogP contribution < -0.4 is 0 Å². The molecule has 7 atom stereocenters. The molecule has 692 valence electrons. The van der Waals surface area contributed by atoms with Gasteiger partial charge in [0.25, 0.3) is 0 Å². The Morgan fingerprint density at radius 2 is 0.530 bits per heavy atom. The number of rotatable bonds is 5. The summed E-state index contributed by atoms with van der Waals surface area (Å²) < 4.78 is 115. The van der Waals surface area contributed by atoms with Gasteiger partial charge in [-0.2, -0.15) is 25.5 Å². The molecule has 10 aromatic rings. The quantitative estimate of drug-likeness (QED) is 0.151. The summed E-state index contributed by atoms with van der Waals surface area (Å²) >= 11 is 8.79. The van der Waals surface area contributed by atoms with Crippen LogP contribution in [0.5, 0.6) is 0 Å². The second kappa shape index (κ2) is 34.7. The van der Waals surface area contributed by atoms with Crippen LogP contribution in [0.4, 0.5) is 22.0 Å². The summed E-state index contributed by atoms with van der Waals surface area (Å²) in [4.78, 5) is 0. The predicted molar refractivity (Wildman–Crippen MR) is 517 cm³/mol. The van der Waals surface area contributed by atoms with Crippen LogP contribution in [-0.4, -0.2) is 136 Å². The molecule has 10 aliphatic carbocycles. The Morgan fingerprint density at radius 1 is 0.295 bits per heavy atom. The lowest BCUT2D eigenvalue weighted by Gasteiger charge is -2.57. The number of benzene rings is 5. The number of nitrogens with zero attached hydrogens (tertiary/aromatic N) is 10. The molecule has 15 aliphatic rings. The first kappa shape index (κ1) is 90.1. The Labute approximate surface area is 788 Å². The fraction of sp³-hybridized carbons (Fsp3) is 0.486. The van der Waals surface area contributed by atoms with Gasteiger partial charge in [0, 0.05) is 73.8 Å². The van der Waals surface area contributed by atoms with Crippen molar-refractivity contribution < 1.29 is 50.4 Å². The van der Waals surface area contributed by atoms with Crippen LogP contribution in [-0.2, 0) is 60.5 Å². The van der Waals surface area contributed by atoms with E-state index in [-0.39, 0.29) is 65.7 Å². The lowest BCUT2D eigenvalue weighted by molar-refractivity contribution is -0.346. The molecule has 5 aliphatic heterocycles. The van der Waals surface area contributed by atoms with E-state index in [9.17, 15) is 22.0 Å². The van der Waals surface area contributed by atoms with Crippen molar-refractivity contribution in [2.45, 2.75) is 240 Å². The Morgan fingerprint density at radius 3 is 0.811 bits per heavy atom. The highest BCUT2D eigenvalue weighted by Gasteiger charge is 2.63. The van der Waals surface area contributed by atoms with Gasteiger partial charge in [-0.3, -0.25) is 0 Å². The summed E-state index contributed by atoms with van der Waals surface area (Å²) in [6.07, 6.45) is 44.7. The maximum Gasteiger partial charge on any atom is 0.177 e. The van der Waals surface area contributed by atoms with Crippen molar-refractivity contribution in [1.29, 1.82) is 0 Å². The Bertz CT molecular complexity index is 6000. The fourth-order valence-electron chi connectivity index (χ4n) is 24.4. The number of ether oxygens (including phenoxy) is 6. The lowest BCUT2D eigenvalue weighted by Crippen LogP contribution is -2.60. The van der Waals surface area contributed by atoms with Gasteiger partial charge in [0.2, 0.25) is 0 Å². The molecule has 5 saturated heterocycles. The number of hydrogen-bond donors (Lipinski definition) is 0. The molecule has 5 saturated carbocycles. The Hall–Kier alpha value is -8.34. The summed E-state index contributed by atoms with van der Waals surface area (Å²) in [7, 11) is 0. The minimum atomic E-state index is -0.553. The lowest BCUT2D eigenvalue weighted by atomic mass is 9.61. The number of allylic oxidation sites excluding steroid dienone is 2. The molecule has 10 fully saturated rings. The normalized spacial score (nSPS) is 28.8. The average Bonchev–Trinajstić information content (AvgIpc) is 1.53. The van der Waals surface area contributed by atoms with Gasteiger partial charge < -0.3 is 28.4 Å². The van der Waals surface area contributed by atoms with E-state index in [1.165, 1.54) is 167 Å². The van der Waals surface area contributed by atoms with Crippen LogP contribution in [0.2, 0.25) is 0 Å². The molecular weight excluding hydrogens is 1740 g/mol. The monoisotopic (exact) mass is 1860 g/mol. The fourth-order valence-corrected chi connectivity index (χ4v) is 32.7. The van der Waals surface area contributed by atoms with E-state index in [1.54, 1.807) is 59.7 Å². The maximum atomic E-state index is 13.3. The van der Waals surface area contributed by atoms with Crippen LogP contribution >= 0.6 is 47.0 Å². The summed E-state index contributed by atoms with van der Waals surface area (Å²) in [6.45, 7) is 25.5. The van der Waals surface area contributed by atoms with Crippen LogP contribution in [0.25, 0.3) is 58.8 Å². The maximum absolute atomic E-state index is 13.3. The van der Waals surface area contributed by atoms with Crippen molar-refractivity contribution in [2.75, 3.05) is 51.1 Å². The van der Waals surface area contributed by atoms with Crippen molar-refractivity contribution in [3.63, 3.8) is 0 Å². The molecule has 5 spiro atoms. The molecule has 25 rings (SSSR count). The summed E-state index contributed by atoms with van der Waals surface area (Å²) in [5, 5.41) is 24.5. The van der Waals surface area contributed by atoms with Gasteiger partial charge >= 0.3 is 0 Å². The van der Waals surface area contributed by atoms with Gasteiger partial charge in [-0.05, 0) is 302 Å².